The van der Waals surface area contributed by atoms with Gasteiger partial charge in [-0.3, -0.25) is 19.3 Å². The third-order valence-corrected chi connectivity index (χ3v) is 9.66. The molecule has 3 saturated heterocycles. The molecule has 3 fully saturated rings. The number of benzene rings is 3. The third kappa shape index (κ3) is 8.70. The van der Waals surface area contributed by atoms with E-state index in [1.807, 2.05) is 75.4 Å². The number of amides is 3. The minimum Gasteiger partial charge on any atom is -0.459 e. The normalized spacial score (nSPS) is 25.3. The van der Waals surface area contributed by atoms with Gasteiger partial charge in [-0.15, -0.1) is 0 Å². The van der Waals surface area contributed by atoms with Crippen LogP contribution in [0.5, 0.6) is 0 Å². The molecule has 6 rings (SSSR count). The van der Waals surface area contributed by atoms with Gasteiger partial charge in [-0.1, -0.05) is 73.7 Å². The van der Waals surface area contributed by atoms with Crippen LogP contribution in [0.15, 0.2) is 78.9 Å². The van der Waals surface area contributed by atoms with Crippen molar-refractivity contribution in [1.29, 1.82) is 0 Å². The first-order valence-corrected chi connectivity index (χ1v) is 17.8. The highest BCUT2D eigenvalue weighted by Crippen LogP contribution is 2.43. The third-order valence-electron chi connectivity index (χ3n) is 9.66. The zero-order valence-corrected chi connectivity index (χ0v) is 30.0. The van der Waals surface area contributed by atoms with Crippen molar-refractivity contribution >= 4 is 29.6 Å². The van der Waals surface area contributed by atoms with Crippen molar-refractivity contribution in [3.63, 3.8) is 0 Å². The summed E-state index contributed by atoms with van der Waals surface area (Å²) >= 11 is 0. The van der Waals surface area contributed by atoms with E-state index < -0.39 is 35.8 Å². The highest BCUT2D eigenvalue weighted by molar-refractivity contribution is 6.22. The molecule has 0 spiro atoms. The average molecular weight is 714 g/mol. The van der Waals surface area contributed by atoms with Gasteiger partial charge in [0.15, 0.2) is 6.29 Å². The van der Waals surface area contributed by atoms with Crippen LogP contribution in [-0.4, -0.2) is 70.8 Å². The number of esters is 1. The number of nitrogens with zero attached hydrogens (tertiary/aromatic N) is 2. The van der Waals surface area contributed by atoms with Gasteiger partial charge >= 0.3 is 12.1 Å². The highest BCUT2D eigenvalue weighted by atomic mass is 16.7. The molecule has 1 unspecified atom stereocenters. The molecule has 0 radical (unpaired) electrons. The molecule has 3 heterocycles. The predicted octanol–water partition coefficient (Wildman–Crippen LogP) is 5.33. The molecule has 3 amide bonds. The Morgan fingerprint density at radius 1 is 0.923 bits per heavy atom. The lowest BCUT2D eigenvalue weighted by molar-refractivity contribution is -0.276. The molecule has 2 N–H and O–H groups in total. The Morgan fingerprint density at radius 3 is 2.29 bits per heavy atom. The Morgan fingerprint density at radius 2 is 1.62 bits per heavy atom. The number of hydrogen-bond donors (Lipinski definition) is 2. The Hall–Kier alpha value is -4.62. The van der Waals surface area contributed by atoms with Crippen molar-refractivity contribution in [1.82, 2.24) is 10.2 Å². The molecule has 3 aliphatic rings. The molecule has 12 nitrogen and oxygen atoms in total. The van der Waals surface area contributed by atoms with Crippen molar-refractivity contribution in [2.75, 3.05) is 18.0 Å². The molecular formula is C40H47N3O9. The number of rotatable bonds is 10. The predicted molar refractivity (Wildman–Crippen MR) is 191 cm³/mol. The molecule has 3 aliphatic heterocycles. The number of aliphatic hydroxyl groups is 1. The minimum absolute atomic E-state index is 0.0365. The summed E-state index contributed by atoms with van der Waals surface area (Å²) in [5.74, 6) is -1.33. The van der Waals surface area contributed by atoms with E-state index in [4.69, 9.17) is 18.9 Å². The van der Waals surface area contributed by atoms with E-state index in [1.165, 1.54) is 0 Å². The number of likely N-dealkylation sites (tertiary alicyclic amines) is 1. The Balaban J connectivity index is 1.16. The van der Waals surface area contributed by atoms with Gasteiger partial charge in [0.1, 0.15) is 24.3 Å². The summed E-state index contributed by atoms with van der Waals surface area (Å²) < 4.78 is 24.2. The Kier molecular flexibility index (Phi) is 11.4. The molecular weight excluding hydrogens is 666 g/mol. The molecule has 0 aromatic heterocycles. The number of nitrogens with one attached hydrogen (secondary N) is 1. The zero-order valence-electron chi connectivity index (χ0n) is 30.0. The molecule has 3 aromatic rings. The van der Waals surface area contributed by atoms with Crippen molar-refractivity contribution < 1.29 is 43.2 Å². The minimum atomic E-state index is -1.05. The van der Waals surface area contributed by atoms with E-state index in [0.29, 0.717) is 24.2 Å². The number of carbonyl (C=O) groups is 4. The summed E-state index contributed by atoms with van der Waals surface area (Å²) in [6, 6.07) is 22.2. The fourth-order valence-electron chi connectivity index (χ4n) is 6.94. The van der Waals surface area contributed by atoms with Crippen LogP contribution < -0.4 is 10.2 Å². The summed E-state index contributed by atoms with van der Waals surface area (Å²) in [7, 11) is 0. The van der Waals surface area contributed by atoms with Crippen LogP contribution in [0.25, 0.3) is 0 Å². The largest absolute Gasteiger partial charge is 0.459 e. The number of imide groups is 1. The van der Waals surface area contributed by atoms with Crippen LogP contribution in [0.4, 0.5) is 10.5 Å². The maximum atomic E-state index is 13.3. The standard InChI is InChI=1S/C40H47N3O9/c1-25-33(22-42-20-8-11-32(42)37(47)52-40(2,3)4)50-38(51-35(25)28-14-12-26(23-44)13-15-28)29-16-18-30(19-17-29)43-34(45)21-31(36(43)46)41-39(48)49-24-27-9-6-5-7-10-27/h5-7,9-10,12-19,25,31-33,35,38,44H,8,11,20-24H2,1-4H3,(H,41,48)/t25-,31?,32-,33+,35+,38+/m0/s1. The van der Waals surface area contributed by atoms with E-state index in [2.05, 4.69) is 17.1 Å². The van der Waals surface area contributed by atoms with Crippen LogP contribution in [0.2, 0.25) is 0 Å². The molecule has 52 heavy (non-hydrogen) atoms. The van der Waals surface area contributed by atoms with Crippen molar-refractivity contribution in [2.24, 2.45) is 5.92 Å². The van der Waals surface area contributed by atoms with Crippen molar-refractivity contribution in [3.8, 4) is 0 Å². The van der Waals surface area contributed by atoms with Crippen LogP contribution in [0.3, 0.4) is 0 Å². The second-order valence-corrected chi connectivity index (χ2v) is 14.6. The fraction of sp³-hybridized carbons (Fsp3) is 0.450. The van der Waals surface area contributed by atoms with Crippen LogP contribution in [0, 0.1) is 5.92 Å². The van der Waals surface area contributed by atoms with Crippen molar-refractivity contribution in [3.05, 3.63) is 101 Å². The summed E-state index contributed by atoms with van der Waals surface area (Å²) in [5, 5.41) is 12.1. The summed E-state index contributed by atoms with van der Waals surface area (Å²) in [4.78, 5) is 55.1. The number of ether oxygens (including phenoxy) is 4. The Bertz CT molecular complexity index is 1730. The van der Waals surface area contributed by atoms with Gasteiger partial charge in [0.05, 0.1) is 30.9 Å². The maximum Gasteiger partial charge on any atom is 0.408 e. The van der Waals surface area contributed by atoms with Gasteiger partial charge in [0.2, 0.25) is 5.91 Å². The lowest BCUT2D eigenvalue weighted by Crippen LogP contribution is -2.48. The number of anilines is 1. The topological polar surface area (TPSA) is 144 Å². The number of carbonyl (C=O) groups excluding carboxylic acids is 4. The van der Waals surface area contributed by atoms with E-state index in [-0.39, 0.29) is 49.8 Å². The van der Waals surface area contributed by atoms with E-state index in [9.17, 15) is 24.3 Å². The van der Waals surface area contributed by atoms with Gasteiger partial charge in [-0.2, -0.15) is 0 Å². The second-order valence-electron chi connectivity index (χ2n) is 14.6. The van der Waals surface area contributed by atoms with E-state index in [1.54, 1.807) is 24.3 Å². The van der Waals surface area contributed by atoms with Gasteiger partial charge in [0, 0.05) is 18.0 Å². The summed E-state index contributed by atoms with van der Waals surface area (Å²) in [6.45, 7) is 8.87. The quantitative estimate of drug-likeness (QED) is 0.209. The van der Waals surface area contributed by atoms with Crippen LogP contribution in [0.1, 0.15) is 81.6 Å². The monoisotopic (exact) mass is 713 g/mol. The SMILES string of the molecule is C[C@H]1[C@@H](CN2CCC[C@H]2C(=O)OC(C)(C)C)O[C@@H](c2ccc(N3C(=O)CC(NC(=O)OCc4ccccc4)C3=O)cc2)O[C@H]1c1ccc(CO)cc1. The highest BCUT2D eigenvalue weighted by Gasteiger charge is 2.43. The van der Waals surface area contributed by atoms with E-state index >= 15 is 0 Å². The van der Waals surface area contributed by atoms with Gasteiger partial charge in [0.25, 0.3) is 5.91 Å². The smallest absolute Gasteiger partial charge is 0.408 e. The number of hydrogen-bond acceptors (Lipinski definition) is 10. The molecule has 3 aromatic carbocycles. The maximum absolute atomic E-state index is 13.3. The molecule has 6 atom stereocenters. The average Bonchev–Trinajstić information content (AvgIpc) is 3.70. The van der Waals surface area contributed by atoms with Gasteiger partial charge < -0.3 is 29.4 Å². The molecule has 0 aliphatic carbocycles. The Labute approximate surface area is 304 Å². The lowest BCUT2D eigenvalue weighted by atomic mass is 9.90. The second kappa shape index (κ2) is 16.0. The first-order valence-electron chi connectivity index (χ1n) is 17.8. The number of alkyl carbamates (subject to hydrolysis) is 1. The molecule has 12 heteroatoms. The van der Waals surface area contributed by atoms with Crippen molar-refractivity contribution in [2.45, 2.75) is 96.4 Å². The molecule has 0 bridgehead atoms. The molecule has 276 valence electrons. The van der Waals surface area contributed by atoms with Crippen LogP contribution in [-0.2, 0) is 46.5 Å². The van der Waals surface area contributed by atoms with Crippen LogP contribution >= 0.6 is 0 Å². The molecule has 0 saturated carbocycles. The lowest BCUT2D eigenvalue weighted by Gasteiger charge is -2.43. The first-order chi connectivity index (χ1) is 24.9. The summed E-state index contributed by atoms with van der Waals surface area (Å²) in [6.07, 6.45) is -0.866. The number of aliphatic hydroxyl groups excluding tert-OH is 1. The first kappa shape index (κ1) is 37.1. The van der Waals surface area contributed by atoms with Gasteiger partial charge in [-0.25, -0.2) is 9.69 Å². The fourth-order valence-corrected chi connectivity index (χ4v) is 6.94. The summed E-state index contributed by atoms with van der Waals surface area (Å²) in [5.41, 5.74) is 2.96. The van der Waals surface area contributed by atoms with Gasteiger partial charge in [-0.05, 0) is 69.0 Å². The zero-order chi connectivity index (χ0) is 37.0. The van der Waals surface area contributed by atoms with E-state index in [0.717, 1.165) is 34.6 Å².